The van der Waals surface area contributed by atoms with Crippen LogP contribution in [0.3, 0.4) is 0 Å². The Morgan fingerprint density at radius 3 is 2.76 bits per heavy atom. The van der Waals surface area contributed by atoms with Gasteiger partial charge in [0, 0.05) is 13.1 Å². The molecule has 0 spiro atoms. The number of hydrogen-bond acceptors (Lipinski definition) is 4. The van der Waals surface area contributed by atoms with E-state index in [-0.39, 0.29) is 16.5 Å². The maximum atomic E-state index is 11.8. The quantitative estimate of drug-likeness (QED) is 0.626. The molecule has 1 aliphatic heterocycles. The topological polar surface area (TPSA) is 67.4 Å². The normalized spacial score (nSPS) is 15.8. The Balaban J connectivity index is 2.02. The van der Waals surface area contributed by atoms with Crippen molar-refractivity contribution in [1.29, 1.82) is 0 Å². The number of carbonyl (C=O) groups excluding carboxylic acids is 1. The summed E-state index contributed by atoms with van der Waals surface area (Å²) in [6.07, 6.45) is 1.37. The molecular formula is C9H10Cl2N4O2. The van der Waals surface area contributed by atoms with E-state index in [2.05, 4.69) is 15.3 Å². The standard InChI is InChI=1S/C9H10Cl2N4O2/c10-7-6(5-12-8(11)14-7)13-9(16)15-1-3-17-4-2-15/h5H,1-4H2,(H,13,16). The highest BCUT2D eigenvalue weighted by molar-refractivity contribution is 6.34. The lowest BCUT2D eigenvalue weighted by atomic mass is 10.4. The zero-order valence-electron chi connectivity index (χ0n) is 8.82. The predicted molar refractivity (Wildman–Crippen MR) is 63.5 cm³/mol. The van der Waals surface area contributed by atoms with Gasteiger partial charge in [0.15, 0.2) is 5.15 Å². The SMILES string of the molecule is O=C(Nc1cnc(Cl)nc1Cl)N1CCOCC1. The van der Waals surface area contributed by atoms with Crippen LogP contribution in [0.5, 0.6) is 0 Å². The third-order valence-corrected chi connectivity index (χ3v) is 2.72. The molecule has 8 heteroatoms. The molecule has 1 aromatic rings. The minimum atomic E-state index is -0.249. The molecule has 1 aliphatic rings. The molecular weight excluding hydrogens is 267 g/mol. The number of morpholine rings is 1. The number of nitrogens with zero attached hydrogens (tertiary/aromatic N) is 3. The van der Waals surface area contributed by atoms with Crippen LogP contribution in [0.25, 0.3) is 0 Å². The van der Waals surface area contributed by atoms with Crippen LogP contribution < -0.4 is 5.32 Å². The van der Waals surface area contributed by atoms with Crippen molar-refractivity contribution in [3.63, 3.8) is 0 Å². The lowest BCUT2D eigenvalue weighted by Gasteiger charge is -2.26. The highest BCUT2D eigenvalue weighted by Crippen LogP contribution is 2.19. The van der Waals surface area contributed by atoms with E-state index in [4.69, 9.17) is 27.9 Å². The Labute approximate surface area is 108 Å². The van der Waals surface area contributed by atoms with Gasteiger partial charge in [0.05, 0.1) is 25.1 Å². The summed E-state index contributed by atoms with van der Waals surface area (Å²) in [7, 11) is 0. The lowest BCUT2D eigenvalue weighted by molar-refractivity contribution is 0.0564. The number of halogens is 2. The first-order chi connectivity index (χ1) is 8.16. The maximum Gasteiger partial charge on any atom is 0.322 e. The van der Waals surface area contributed by atoms with Crippen LogP contribution in [0, 0.1) is 0 Å². The molecule has 0 aromatic carbocycles. The first kappa shape index (κ1) is 12.3. The van der Waals surface area contributed by atoms with Crippen LogP contribution in [0.15, 0.2) is 6.20 Å². The Morgan fingerprint density at radius 2 is 2.12 bits per heavy atom. The van der Waals surface area contributed by atoms with Gasteiger partial charge in [-0.05, 0) is 11.6 Å². The second-order valence-corrected chi connectivity index (χ2v) is 4.07. The summed E-state index contributed by atoms with van der Waals surface area (Å²) < 4.78 is 5.15. The summed E-state index contributed by atoms with van der Waals surface area (Å²) in [6, 6.07) is -0.249. The summed E-state index contributed by atoms with van der Waals surface area (Å²) in [5.41, 5.74) is 0.340. The second kappa shape index (κ2) is 5.48. The van der Waals surface area contributed by atoms with Crippen LogP contribution >= 0.6 is 23.2 Å². The molecule has 1 N–H and O–H groups in total. The number of rotatable bonds is 1. The predicted octanol–water partition coefficient (Wildman–Crippen LogP) is 1.65. The molecule has 2 rings (SSSR count). The Kier molecular flexibility index (Phi) is 3.98. The van der Waals surface area contributed by atoms with E-state index >= 15 is 0 Å². The Bertz CT molecular complexity index is 423. The van der Waals surface area contributed by atoms with Crippen molar-refractivity contribution in [2.45, 2.75) is 0 Å². The first-order valence-electron chi connectivity index (χ1n) is 4.98. The fourth-order valence-corrected chi connectivity index (χ4v) is 1.74. The van der Waals surface area contributed by atoms with Crippen molar-refractivity contribution < 1.29 is 9.53 Å². The van der Waals surface area contributed by atoms with Crippen LogP contribution in [-0.4, -0.2) is 47.2 Å². The Hall–Kier alpha value is -1.11. The van der Waals surface area contributed by atoms with Crippen molar-refractivity contribution >= 4 is 34.9 Å². The molecule has 0 radical (unpaired) electrons. The van der Waals surface area contributed by atoms with Crippen LogP contribution in [0.2, 0.25) is 10.4 Å². The van der Waals surface area contributed by atoms with E-state index in [1.54, 1.807) is 4.90 Å². The first-order valence-corrected chi connectivity index (χ1v) is 5.74. The summed E-state index contributed by atoms with van der Waals surface area (Å²) in [5.74, 6) is 0. The molecule has 0 unspecified atom stereocenters. The number of ether oxygens (including phenoxy) is 1. The van der Waals surface area contributed by atoms with E-state index < -0.39 is 0 Å². The van der Waals surface area contributed by atoms with Crippen molar-refractivity contribution in [2.75, 3.05) is 31.6 Å². The third-order valence-electron chi connectivity index (χ3n) is 2.25. The van der Waals surface area contributed by atoms with Gasteiger partial charge in [-0.15, -0.1) is 0 Å². The molecule has 92 valence electrons. The van der Waals surface area contributed by atoms with E-state index in [0.717, 1.165) is 0 Å². The second-order valence-electron chi connectivity index (χ2n) is 3.37. The molecule has 1 fully saturated rings. The summed E-state index contributed by atoms with van der Waals surface area (Å²) in [4.78, 5) is 20.9. The van der Waals surface area contributed by atoms with E-state index in [9.17, 15) is 4.79 Å². The van der Waals surface area contributed by atoms with Gasteiger partial charge < -0.3 is 15.0 Å². The van der Waals surface area contributed by atoms with Gasteiger partial charge in [0.25, 0.3) is 0 Å². The average Bonchev–Trinajstić information content (AvgIpc) is 2.34. The molecule has 0 bridgehead atoms. The molecule has 1 saturated heterocycles. The van der Waals surface area contributed by atoms with Gasteiger partial charge in [0.1, 0.15) is 0 Å². The van der Waals surface area contributed by atoms with Crippen LogP contribution in [0.4, 0.5) is 10.5 Å². The van der Waals surface area contributed by atoms with Crippen LogP contribution in [0.1, 0.15) is 0 Å². The van der Waals surface area contributed by atoms with Gasteiger partial charge in [-0.1, -0.05) is 11.6 Å². The number of hydrogen-bond donors (Lipinski definition) is 1. The number of nitrogens with one attached hydrogen (secondary N) is 1. The fraction of sp³-hybridized carbons (Fsp3) is 0.444. The van der Waals surface area contributed by atoms with E-state index in [0.29, 0.717) is 32.0 Å². The molecule has 0 atom stereocenters. The van der Waals surface area contributed by atoms with Gasteiger partial charge in [-0.2, -0.15) is 0 Å². The molecule has 2 heterocycles. The minimum absolute atomic E-state index is 0.0411. The van der Waals surface area contributed by atoms with Gasteiger partial charge in [-0.25, -0.2) is 14.8 Å². The summed E-state index contributed by atoms with van der Waals surface area (Å²) in [6.45, 7) is 2.19. The molecule has 17 heavy (non-hydrogen) atoms. The number of amides is 2. The zero-order chi connectivity index (χ0) is 12.3. The van der Waals surface area contributed by atoms with Crippen molar-refractivity contribution in [2.24, 2.45) is 0 Å². The lowest BCUT2D eigenvalue weighted by Crippen LogP contribution is -2.43. The van der Waals surface area contributed by atoms with Gasteiger partial charge >= 0.3 is 6.03 Å². The number of urea groups is 1. The van der Waals surface area contributed by atoms with E-state index in [1.165, 1.54) is 6.20 Å². The van der Waals surface area contributed by atoms with Gasteiger partial charge in [-0.3, -0.25) is 0 Å². The fourth-order valence-electron chi connectivity index (χ4n) is 1.39. The summed E-state index contributed by atoms with van der Waals surface area (Å²) in [5, 5.41) is 2.78. The Morgan fingerprint density at radius 1 is 1.41 bits per heavy atom. The van der Waals surface area contributed by atoms with Crippen molar-refractivity contribution in [3.05, 3.63) is 16.6 Å². The largest absolute Gasteiger partial charge is 0.378 e. The van der Waals surface area contributed by atoms with E-state index in [1.807, 2.05) is 0 Å². The number of anilines is 1. The molecule has 1 aromatic heterocycles. The number of carbonyl (C=O) groups is 1. The van der Waals surface area contributed by atoms with Crippen molar-refractivity contribution in [1.82, 2.24) is 14.9 Å². The van der Waals surface area contributed by atoms with Crippen molar-refractivity contribution in [3.8, 4) is 0 Å². The highest BCUT2D eigenvalue weighted by atomic mass is 35.5. The third kappa shape index (κ3) is 3.18. The molecule has 0 saturated carbocycles. The molecule has 0 aliphatic carbocycles. The monoisotopic (exact) mass is 276 g/mol. The maximum absolute atomic E-state index is 11.8. The highest BCUT2D eigenvalue weighted by Gasteiger charge is 2.18. The summed E-state index contributed by atoms with van der Waals surface area (Å²) >= 11 is 11.4. The smallest absolute Gasteiger partial charge is 0.322 e. The number of aromatic nitrogens is 2. The molecule has 6 nitrogen and oxygen atoms in total. The zero-order valence-corrected chi connectivity index (χ0v) is 10.3. The average molecular weight is 277 g/mol. The minimum Gasteiger partial charge on any atom is -0.378 e. The van der Waals surface area contributed by atoms with Crippen LogP contribution in [-0.2, 0) is 4.74 Å². The van der Waals surface area contributed by atoms with Gasteiger partial charge in [0.2, 0.25) is 5.28 Å². The molecule has 2 amide bonds.